The SMILES string of the molecule is CCCCN(Cc1ccc(Cl)cc1)C(C)C. The average molecular weight is 240 g/mol. The summed E-state index contributed by atoms with van der Waals surface area (Å²) in [6, 6.07) is 8.76. The van der Waals surface area contributed by atoms with Crippen LogP contribution in [0.25, 0.3) is 0 Å². The molecule has 0 saturated heterocycles. The summed E-state index contributed by atoms with van der Waals surface area (Å²) in [6.45, 7) is 8.95. The van der Waals surface area contributed by atoms with Crippen molar-refractivity contribution in [3.05, 3.63) is 34.9 Å². The van der Waals surface area contributed by atoms with Crippen molar-refractivity contribution in [1.29, 1.82) is 0 Å². The Kier molecular flexibility index (Phi) is 5.86. The third kappa shape index (κ3) is 4.54. The maximum atomic E-state index is 5.88. The molecule has 0 amide bonds. The first kappa shape index (κ1) is 13.5. The zero-order valence-corrected chi connectivity index (χ0v) is 11.3. The number of unbranched alkanes of at least 4 members (excludes halogenated alkanes) is 1. The molecule has 0 heterocycles. The zero-order valence-electron chi connectivity index (χ0n) is 10.5. The van der Waals surface area contributed by atoms with Gasteiger partial charge >= 0.3 is 0 Å². The van der Waals surface area contributed by atoms with Gasteiger partial charge in [-0.15, -0.1) is 0 Å². The number of hydrogen-bond acceptors (Lipinski definition) is 1. The summed E-state index contributed by atoms with van der Waals surface area (Å²) >= 11 is 5.88. The normalized spacial score (nSPS) is 11.4. The van der Waals surface area contributed by atoms with Crippen LogP contribution >= 0.6 is 11.6 Å². The van der Waals surface area contributed by atoms with Gasteiger partial charge in [-0.3, -0.25) is 4.90 Å². The summed E-state index contributed by atoms with van der Waals surface area (Å²) < 4.78 is 0. The third-order valence-electron chi connectivity index (χ3n) is 2.83. The van der Waals surface area contributed by atoms with Crippen molar-refractivity contribution in [3.63, 3.8) is 0 Å². The van der Waals surface area contributed by atoms with Gasteiger partial charge in [-0.2, -0.15) is 0 Å². The van der Waals surface area contributed by atoms with Crippen LogP contribution in [0.4, 0.5) is 0 Å². The van der Waals surface area contributed by atoms with E-state index in [2.05, 4.69) is 37.8 Å². The van der Waals surface area contributed by atoms with E-state index in [1.807, 2.05) is 12.1 Å². The summed E-state index contributed by atoms with van der Waals surface area (Å²) in [5.41, 5.74) is 1.34. The highest BCUT2D eigenvalue weighted by atomic mass is 35.5. The van der Waals surface area contributed by atoms with E-state index in [9.17, 15) is 0 Å². The summed E-state index contributed by atoms with van der Waals surface area (Å²) in [4.78, 5) is 2.51. The Morgan fingerprint density at radius 1 is 1.19 bits per heavy atom. The lowest BCUT2D eigenvalue weighted by Gasteiger charge is -2.26. The average Bonchev–Trinajstić information content (AvgIpc) is 2.26. The van der Waals surface area contributed by atoms with Crippen molar-refractivity contribution in [1.82, 2.24) is 4.90 Å². The molecule has 0 spiro atoms. The standard InChI is InChI=1S/C14H22ClN/c1-4-5-10-16(12(2)3)11-13-6-8-14(15)9-7-13/h6-9,12H,4-5,10-11H2,1-3H3. The Labute approximate surface area is 104 Å². The van der Waals surface area contributed by atoms with Gasteiger partial charge in [0.2, 0.25) is 0 Å². The molecule has 0 bridgehead atoms. The Balaban J connectivity index is 2.57. The van der Waals surface area contributed by atoms with Crippen LogP contribution in [0.1, 0.15) is 39.2 Å². The van der Waals surface area contributed by atoms with Crippen LogP contribution in [0.2, 0.25) is 5.02 Å². The van der Waals surface area contributed by atoms with Gasteiger partial charge in [-0.05, 0) is 44.5 Å². The second-order valence-electron chi connectivity index (χ2n) is 4.54. The molecule has 1 rings (SSSR count). The van der Waals surface area contributed by atoms with E-state index in [-0.39, 0.29) is 0 Å². The largest absolute Gasteiger partial charge is 0.297 e. The highest BCUT2D eigenvalue weighted by molar-refractivity contribution is 6.30. The molecule has 0 fully saturated rings. The lowest BCUT2D eigenvalue weighted by Crippen LogP contribution is -2.31. The van der Waals surface area contributed by atoms with Crippen molar-refractivity contribution in [2.45, 2.75) is 46.2 Å². The first-order valence-electron chi connectivity index (χ1n) is 6.12. The fourth-order valence-electron chi connectivity index (χ4n) is 1.71. The fourth-order valence-corrected chi connectivity index (χ4v) is 1.83. The maximum absolute atomic E-state index is 5.88. The number of rotatable bonds is 6. The molecular formula is C14H22ClN. The molecule has 0 N–H and O–H groups in total. The van der Waals surface area contributed by atoms with Crippen LogP contribution in [0.15, 0.2) is 24.3 Å². The van der Waals surface area contributed by atoms with E-state index in [1.54, 1.807) is 0 Å². The van der Waals surface area contributed by atoms with Crippen molar-refractivity contribution in [3.8, 4) is 0 Å². The predicted molar refractivity (Wildman–Crippen MR) is 71.9 cm³/mol. The Hall–Kier alpha value is -0.530. The van der Waals surface area contributed by atoms with Crippen molar-refractivity contribution in [2.75, 3.05) is 6.54 Å². The van der Waals surface area contributed by atoms with E-state index in [1.165, 1.54) is 24.9 Å². The summed E-state index contributed by atoms with van der Waals surface area (Å²) in [5, 5.41) is 0.813. The molecule has 2 heteroatoms. The van der Waals surface area contributed by atoms with Gasteiger partial charge in [0.25, 0.3) is 0 Å². The Morgan fingerprint density at radius 2 is 1.81 bits per heavy atom. The quantitative estimate of drug-likeness (QED) is 0.714. The van der Waals surface area contributed by atoms with Gasteiger partial charge in [0.15, 0.2) is 0 Å². The minimum atomic E-state index is 0.599. The number of benzene rings is 1. The minimum absolute atomic E-state index is 0.599. The fraction of sp³-hybridized carbons (Fsp3) is 0.571. The third-order valence-corrected chi connectivity index (χ3v) is 3.08. The van der Waals surface area contributed by atoms with Gasteiger partial charge in [0.1, 0.15) is 0 Å². The lowest BCUT2D eigenvalue weighted by molar-refractivity contribution is 0.209. The van der Waals surface area contributed by atoms with Crippen LogP contribution in [0.5, 0.6) is 0 Å². The van der Waals surface area contributed by atoms with Crippen molar-refractivity contribution < 1.29 is 0 Å². The molecule has 0 saturated carbocycles. The van der Waals surface area contributed by atoms with Gasteiger partial charge in [-0.1, -0.05) is 37.1 Å². The smallest absolute Gasteiger partial charge is 0.0406 e. The van der Waals surface area contributed by atoms with Crippen LogP contribution in [-0.2, 0) is 6.54 Å². The van der Waals surface area contributed by atoms with E-state index < -0.39 is 0 Å². The first-order valence-corrected chi connectivity index (χ1v) is 6.49. The molecule has 1 nitrogen and oxygen atoms in total. The molecule has 16 heavy (non-hydrogen) atoms. The van der Waals surface area contributed by atoms with Gasteiger partial charge < -0.3 is 0 Å². The van der Waals surface area contributed by atoms with Crippen LogP contribution < -0.4 is 0 Å². The molecule has 1 aromatic carbocycles. The topological polar surface area (TPSA) is 3.24 Å². The maximum Gasteiger partial charge on any atom is 0.0406 e. The Bertz CT molecular complexity index is 292. The molecule has 0 aliphatic carbocycles. The molecule has 0 unspecified atom stereocenters. The van der Waals surface area contributed by atoms with Crippen LogP contribution in [0, 0.1) is 0 Å². The molecule has 0 atom stereocenters. The van der Waals surface area contributed by atoms with Crippen molar-refractivity contribution >= 4 is 11.6 Å². The molecule has 0 aliphatic heterocycles. The monoisotopic (exact) mass is 239 g/mol. The molecule has 0 radical (unpaired) electrons. The van der Waals surface area contributed by atoms with Crippen LogP contribution in [0.3, 0.4) is 0 Å². The van der Waals surface area contributed by atoms with E-state index in [4.69, 9.17) is 11.6 Å². The summed E-state index contributed by atoms with van der Waals surface area (Å²) in [5.74, 6) is 0. The van der Waals surface area contributed by atoms with E-state index in [0.29, 0.717) is 6.04 Å². The first-order chi connectivity index (χ1) is 7.63. The summed E-state index contributed by atoms with van der Waals surface area (Å²) in [6.07, 6.45) is 2.52. The molecular weight excluding hydrogens is 218 g/mol. The highest BCUT2D eigenvalue weighted by Gasteiger charge is 2.09. The molecule has 0 aliphatic rings. The number of nitrogens with zero attached hydrogens (tertiary/aromatic N) is 1. The van der Waals surface area contributed by atoms with Crippen molar-refractivity contribution in [2.24, 2.45) is 0 Å². The van der Waals surface area contributed by atoms with E-state index >= 15 is 0 Å². The Morgan fingerprint density at radius 3 is 2.31 bits per heavy atom. The minimum Gasteiger partial charge on any atom is -0.297 e. The van der Waals surface area contributed by atoms with E-state index in [0.717, 1.165) is 11.6 Å². The predicted octanol–water partition coefficient (Wildman–Crippen LogP) is 4.35. The molecule has 90 valence electrons. The van der Waals surface area contributed by atoms with Gasteiger partial charge in [-0.25, -0.2) is 0 Å². The number of hydrogen-bond donors (Lipinski definition) is 0. The van der Waals surface area contributed by atoms with Gasteiger partial charge in [0.05, 0.1) is 0 Å². The van der Waals surface area contributed by atoms with Crippen LogP contribution in [-0.4, -0.2) is 17.5 Å². The second kappa shape index (κ2) is 6.93. The molecule has 0 aromatic heterocycles. The highest BCUT2D eigenvalue weighted by Crippen LogP contribution is 2.13. The molecule has 1 aromatic rings. The van der Waals surface area contributed by atoms with Gasteiger partial charge in [0, 0.05) is 17.6 Å². The second-order valence-corrected chi connectivity index (χ2v) is 4.98. The zero-order chi connectivity index (χ0) is 12.0. The lowest BCUT2D eigenvalue weighted by atomic mass is 10.1. The number of halogens is 1. The summed E-state index contributed by atoms with van der Waals surface area (Å²) in [7, 11) is 0.